The molecule has 2 heterocycles. The van der Waals surface area contributed by atoms with Crippen molar-refractivity contribution in [2.75, 3.05) is 26.7 Å². The van der Waals surface area contributed by atoms with Gasteiger partial charge < -0.3 is 19.1 Å². The molecule has 0 N–H and O–H groups in total. The van der Waals surface area contributed by atoms with Gasteiger partial charge in [-0.2, -0.15) is 0 Å². The molecule has 0 spiro atoms. The van der Waals surface area contributed by atoms with E-state index in [9.17, 15) is 14.0 Å². The molecular formula is C33H33ClFN3O4. The molecule has 1 saturated heterocycles. The minimum atomic E-state index is -0.511. The van der Waals surface area contributed by atoms with Crippen molar-refractivity contribution in [3.05, 3.63) is 107 Å². The number of piperidine rings is 1. The first-order valence-corrected chi connectivity index (χ1v) is 14.3. The molecule has 218 valence electrons. The predicted molar refractivity (Wildman–Crippen MR) is 159 cm³/mol. The second-order valence-electron chi connectivity index (χ2n) is 10.9. The van der Waals surface area contributed by atoms with Crippen molar-refractivity contribution in [1.82, 2.24) is 15.0 Å². The summed E-state index contributed by atoms with van der Waals surface area (Å²) in [6, 6.07) is 22.9. The van der Waals surface area contributed by atoms with Crippen LogP contribution in [0.1, 0.15) is 40.9 Å². The van der Waals surface area contributed by atoms with Gasteiger partial charge in [0.05, 0.1) is 11.6 Å². The molecular weight excluding hydrogens is 557 g/mol. The number of benzene rings is 3. The molecule has 4 aromatic rings. The number of aromatic nitrogens is 1. The molecule has 1 aromatic heterocycles. The highest BCUT2D eigenvalue weighted by atomic mass is 35.5. The van der Waals surface area contributed by atoms with Crippen molar-refractivity contribution in [2.24, 2.45) is 5.41 Å². The van der Waals surface area contributed by atoms with E-state index in [-0.39, 0.29) is 30.7 Å². The van der Waals surface area contributed by atoms with Gasteiger partial charge in [0.25, 0.3) is 5.91 Å². The molecule has 0 bridgehead atoms. The summed E-state index contributed by atoms with van der Waals surface area (Å²) in [6.07, 6.45) is 1.37. The fraction of sp³-hybridized carbons (Fsp3) is 0.303. The molecule has 2 amide bonds. The van der Waals surface area contributed by atoms with Crippen LogP contribution in [0.15, 0.2) is 83.4 Å². The average molecular weight is 590 g/mol. The SMILES string of the molecule is Cc1onc(-c2ccccc2Cl)c1C(=O)N1CCC(COc2ccc(F)cc2)(CC(=O)N(C)Cc2ccccc2)CC1. The van der Waals surface area contributed by atoms with Gasteiger partial charge in [-0.05, 0) is 55.7 Å². The van der Waals surface area contributed by atoms with E-state index < -0.39 is 5.41 Å². The molecule has 3 aromatic carbocycles. The van der Waals surface area contributed by atoms with Crippen LogP contribution in [0.2, 0.25) is 5.02 Å². The lowest BCUT2D eigenvalue weighted by Gasteiger charge is -2.42. The van der Waals surface area contributed by atoms with Gasteiger partial charge in [0.15, 0.2) is 0 Å². The molecule has 1 fully saturated rings. The van der Waals surface area contributed by atoms with Crippen LogP contribution < -0.4 is 4.74 Å². The molecule has 1 aliphatic heterocycles. The van der Waals surface area contributed by atoms with Crippen molar-refractivity contribution in [3.63, 3.8) is 0 Å². The van der Waals surface area contributed by atoms with Gasteiger partial charge in [-0.15, -0.1) is 0 Å². The second-order valence-corrected chi connectivity index (χ2v) is 11.3. The molecule has 42 heavy (non-hydrogen) atoms. The largest absolute Gasteiger partial charge is 0.493 e. The number of carbonyl (C=O) groups excluding carboxylic acids is 2. The summed E-state index contributed by atoms with van der Waals surface area (Å²) in [5.41, 5.74) is 1.96. The zero-order chi connectivity index (χ0) is 29.7. The topological polar surface area (TPSA) is 75.9 Å². The molecule has 1 aliphatic rings. The van der Waals surface area contributed by atoms with Crippen LogP contribution in [0.25, 0.3) is 11.3 Å². The van der Waals surface area contributed by atoms with Crippen molar-refractivity contribution >= 4 is 23.4 Å². The lowest BCUT2D eigenvalue weighted by Crippen LogP contribution is -2.47. The molecule has 0 unspecified atom stereocenters. The van der Waals surface area contributed by atoms with E-state index in [1.54, 1.807) is 42.0 Å². The Hall–Kier alpha value is -4.17. The summed E-state index contributed by atoms with van der Waals surface area (Å²) in [5, 5.41) is 4.63. The zero-order valence-corrected chi connectivity index (χ0v) is 24.4. The van der Waals surface area contributed by atoms with Crippen LogP contribution in [0.5, 0.6) is 5.75 Å². The lowest BCUT2D eigenvalue weighted by atomic mass is 9.75. The van der Waals surface area contributed by atoms with E-state index in [1.165, 1.54) is 12.1 Å². The maximum Gasteiger partial charge on any atom is 0.259 e. The van der Waals surface area contributed by atoms with Gasteiger partial charge in [-0.25, -0.2) is 4.39 Å². The number of rotatable bonds is 9. The number of aryl methyl sites for hydroxylation is 1. The number of hydrogen-bond donors (Lipinski definition) is 0. The Balaban J connectivity index is 1.32. The Morgan fingerprint density at radius 1 is 1.02 bits per heavy atom. The number of ether oxygens (including phenoxy) is 1. The minimum absolute atomic E-state index is 0.00257. The van der Waals surface area contributed by atoms with Crippen LogP contribution in [-0.4, -0.2) is 53.5 Å². The summed E-state index contributed by atoms with van der Waals surface area (Å²) in [7, 11) is 1.80. The smallest absolute Gasteiger partial charge is 0.259 e. The van der Waals surface area contributed by atoms with E-state index in [2.05, 4.69) is 5.16 Å². The molecule has 0 atom stereocenters. The number of halogens is 2. The number of likely N-dealkylation sites (tertiary alicyclic amines) is 1. The zero-order valence-electron chi connectivity index (χ0n) is 23.7. The minimum Gasteiger partial charge on any atom is -0.493 e. The third-order valence-electron chi connectivity index (χ3n) is 7.89. The Bertz CT molecular complexity index is 1530. The predicted octanol–water partition coefficient (Wildman–Crippen LogP) is 6.79. The maximum atomic E-state index is 13.8. The van der Waals surface area contributed by atoms with E-state index in [0.717, 1.165) is 5.56 Å². The van der Waals surface area contributed by atoms with Crippen molar-refractivity contribution in [1.29, 1.82) is 0 Å². The standard InChI is InChI=1S/C33H33ClFN3O4/c1-23-30(31(36-42-23)27-10-6-7-11-28(27)34)32(40)38-18-16-33(17-19-38,22-41-26-14-12-25(35)13-15-26)20-29(39)37(2)21-24-8-4-3-5-9-24/h3-15H,16-22H2,1-2H3. The lowest BCUT2D eigenvalue weighted by molar-refractivity contribution is -0.134. The third kappa shape index (κ3) is 6.65. The molecule has 0 aliphatic carbocycles. The Labute approximate surface area is 249 Å². The number of carbonyl (C=O) groups is 2. The van der Waals surface area contributed by atoms with Gasteiger partial charge in [0.1, 0.15) is 28.6 Å². The summed E-state index contributed by atoms with van der Waals surface area (Å²) < 4.78 is 25.0. The third-order valence-corrected chi connectivity index (χ3v) is 8.22. The first kappa shape index (κ1) is 29.3. The summed E-state index contributed by atoms with van der Waals surface area (Å²) in [5.74, 6) is 0.413. The molecule has 7 nitrogen and oxygen atoms in total. The van der Waals surface area contributed by atoms with Crippen molar-refractivity contribution in [2.45, 2.75) is 32.7 Å². The van der Waals surface area contributed by atoms with Crippen LogP contribution >= 0.6 is 11.6 Å². The van der Waals surface area contributed by atoms with Gasteiger partial charge in [0.2, 0.25) is 5.91 Å². The van der Waals surface area contributed by atoms with Crippen LogP contribution in [-0.2, 0) is 11.3 Å². The molecule has 9 heteroatoms. The van der Waals surface area contributed by atoms with E-state index >= 15 is 0 Å². The molecule has 0 saturated carbocycles. The number of hydrogen-bond acceptors (Lipinski definition) is 5. The normalized spacial score (nSPS) is 14.4. The Morgan fingerprint density at radius 2 is 1.69 bits per heavy atom. The van der Waals surface area contributed by atoms with Gasteiger partial charge in [0, 0.05) is 44.1 Å². The van der Waals surface area contributed by atoms with Crippen LogP contribution in [0.3, 0.4) is 0 Å². The van der Waals surface area contributed by atoms with Crippen LogP contribution in [0, 0.1) is 18.2 Å². The average Bonchev–Trinajstić information content (AvgIpc) is 3.38. The fourth-order valence-corrected chi connectivity index (χ4v) is 5.57. The first-order valence-electron chi connectivity index (χ1n) is 13.9. The highest BCUT2D eigenvalue weighted by molar-refractivity contribution is 6.33. The fourth-order valence-electron chi connectivity index (χ4n) is 5.34. The summed E-state index contributed by atoms with van der Waals surface area (Å²) in [6.45, 7) is 3.33. The number of amides is 2. The van der Waals surface area contributed by atoms with Crippen molar-refractivity contribution in [3.8, 4) is 17.0 Å². The maximum absolute atomic E-state index is 13.8. The first-order chi connectivity index (χ1) is 20.2. The molecule has 5 rings (SSSR count). The quantitative estimate of drug-likeness (QED) is 0.215. The van der Waals surface area contributed by atoms with Crippen molar-refractivity contribution < 1.29 is 23.2 Å². The highest BCUT2D eigenvalue weighted by Crippen LogP contribution is 2.38. The van der Waals surface area contributed by atoms with Gasteiger partial charge >= 0.3 is 0 Å². The monoisotopic (exact) mass is 589 g/mol. The van der Waals surface area contributed by atoms with Crippen LogP contribution in [0.4, 0.5) is 4.39 Å². The summed E-state index contributed by atoms with van der Waals surface area (Å²) in [4.78, 5) is 30.7. The Kier molecular flexibility index (Phi) is 8.92. The van der Waals surface area contributed by atoms with E-state index in [1.807, 2.05) is 48.5 Å². The van der Waals surface area contributed by atoms with E-state index in [0.29, 0.717) is 65.8 Å². The highest BCUT2D eigenvalue weighted by Gasteiger charge is 2.40. The second kappa shape index (κ2) is 12.8. The van der Waals surface area contributed by atoms with Gasteiger partial charge in [-0.1, -0.05) is 65.3 Å². The van der Waals surface area contributed by atoms with Gasteiger partial charge in [-0.3, -0.25) is 9.59 Å². The number of nitrogens with zero attached hydrogens (tertiary/aromatic N) is 3. The molecule has 0 radical (unpaired) electrons. The Morgan fingerprint density at radius 3 is 2.38 bits per heavy atom. The summed E-state index contributed by atoms with van der Waals surface area (Å²) >= 11 is 6.41. The van der Waals surface area contributed by atoms with E-state index in [4.69, 9.17) is 20.9 Å².